The lowest BCUT2D eigenvalue weighted by atomic mass is 9.93. The molecule has 1 atom stereocenters. The van der Waals surface area contributed by atoms with E-state index < -0.39 is 5.97 Å². The van der Waals surface area contributed by atoms with Gasteiger partial charge in [0.25, 0.3) is 0 Å². The van der Waals surface area contributed by atoms with E-state index in [0.717, 1.165) is 6.42 Å². The quantitative estimate of drug-likeness (QED) is 0.655. The summed E-state index contributed by atoms with van der Waals surface area (Å²) in [5, 5.41) is 8.76. The topological polar surface area (TPSA) is 37.3 Å². The van der Waals surface area contributed by atoms with Crippen LogP contribution in [0.1, 0.15) is 32.1 Å². The first-order chi connectivity index (χ1) is 5.74. The summed E-state index contributed by atoms with van der Waals surface area (Å²) in [5.74, 6) is -0.422. The maximum atomic E-state index is 10.6. The molecule has 1 aliphatic rings. The molecule has 2 nitrogen and oxygen atoms in total. The third-order valence-electron chi connectivity index (χ3n) is 2.66. The van der Waals surface area contributed by atoms with Crippen molar-refractivity contribution in [3.8, 4) is 0 Å². The molecule has 0 aliphatic heterocycles. The fourth-order valence-corrected chi connectivity index (χ4v) is 1.90. The van der Waals surface area contributed by atoms with Gasteiger partial charge in [-0.1, -0.05) is 31.8 Å². The van der Waals surface area contributed by atoms with Gasteiger partial charge in [-0.2, -0.15) is 0 Å². The molecule has 0 amide bonds. The molecular weight excluding hydrogens is 152 g/mol. The Morgan fingerprint density at radius 2 is 2.17 bits per heavy atom. The summed E-state index contributed by atoms with van der Waals surface area (Å²) in [7, 11) is 0. The Labute approximate surface area is 73.3 Å². The second-order valence-electron chi connectivity index (χ2n) is 3.57. The zero-order chi connectivity index (χ0) is 8.97. The van der Waals surface area contributed by atoms with Crippen molar-refractivity contribution in [1.29, 1.82) is 0 Å². The van der Waals surface area contributed by atoms with Gasteiger partial charge in [-0.25, -0.2) is 0 Å². The zero-order valence-electron chi connectivity index (χ0n) is 7.33. The number of hydrogen-bond acceptors (Lipinski definition) is 1. The van der Waals surface area contributed by atoms with Gasteiger partial charge in [0.15, 0.2) is 0 Å². The van der Waals surface area contributed by atoms with E-state index in [1.807, 2.05) is 0 Å². The average Bonchev–Trinajstić information content (AvgIpc) is 2.51. The van der Waals surface area contributed by atoms with Crippen LogP contribution in [0, 0.1) is 11.8 Å². The highest BCUT2D eigenvalue weighted by Crippen LogP contribution is 2.30. The van der Waals surface area contributed by atoms with Crippen molar-refractivity contribution in [1.82, 2.24) is 0 Å². The van der Waals surface area contributed by atoms with E-state index in [2.05, 4.69) is 6.58 Å². The zero-order valence-corrected chi connectivity index (χ0v) is 7.33. The Kier molecular flexibility index (Phi) is 3.32. The molecular formula is C10H16O2. The molecule has 0 aromatic carbocycles. The Bertz CT molecular complexity index is 169. The van der Waals surface area contributed by atoms with Crippen molar-refractivity contribution in [3.05, 3.63) is 12.7 Å². The summed E-state index contributed by atoms with van der Waals surface area (Å²) < 4.78 is 0. The third-order valence-corrected chi connectivity index (χ3v) is 2.66. The summed E-state index contributed by atoms with van der Waals surface area (Å²) in [6, 6.07) is 0. The van der Waals surface area contributed by atoms with Crippen molar-refractivity contribution >= 4 is 5.97 Å². The van der Waals surface area contributed by atoms with E-state index in [1.54, 1.807) is 6.08 Å². The largest absolute Gasteiger partial charge is 0.481 e. The molecule has 0 heterocycles. The highest BCUT2D eigenvalue weighted by Gasteiger charge is 2.22. The SMILES string of the molecule is C=CC(CC1CCCC1)C(=O)O. The number of hydrogen-bond donors (Lipinski definition) is 1. The van der Waals surface area contributed by atoms with Crippen LogP contribution in [-0.2, 0) is 4.79 Å². The maximum absolute atomic E-state index is 10.6. The Hall–Kier alpha value is -0.790. The molecule has 0 aromatic rings. The molecule has 1 fully saturated rings. The molecule has 2 heteroatoms. The molecule has 0 radical (unpaired) electrons. The molecule has 1 rings (SSSR count). The van der Waals surface area contributed by atoms with Crippen LogP contribution in [0.25, 0.3) is 0 Å². The van der Waals surface area contributed by atoms with Crippen LogP contribution in [0.2, 0.25) is 0 Å². The van der Waals surface area contributed by atoms with Crippen molar-refractivity contribution in [3.63, 3.8) is 0 Å². The lowest BCUT2D eigenvalue weighted by molar-refractivity contribution is -0.140. The summed E-state index contributed by atoms with van der Waals surface area (Å²) in [6.45, 7) is 3.54. The Morgan fingerprint density at radius 1 is 1.58 bits per heavy atom. The fraction of sp³-hybridized carbons (Fsp3) is 0.700. The van der Waals surface area contributed by atoms with Gasteiger partial charge in [0, 0.05) is 0 Å². The first kappa shape index (κ1) is 9.30. The molecule has 0 spiro atoms. The molecule has 68 valence electrons. The molecule has 1 aliphatic carbocycles. The maximum Gasteiger partial charge on any atom is 0.310 e. The van der Waals surface area contributed by atoms with Crippen LogP contribution < -0.4 is 0 Å². The van der Waals surface area contributed by atoms with Gasteiger partial charge in [-0.3, -0.25) is 4.79 Å². The molecule has 1 N–H and O–H groups in total. The predicted molar refractivity (Wildman–Crippen MR) is 47.9 cm³/mol. The summed E-state index contributed by atoms with van der Waals surface area (Å²) in [5.41, 5.74) is 0. The highest BCUT2D eigenvalue weighted by molar-refractivity contribution is 5.71. The van der Waals surface area contributed by atoms with Gasteiger partial charge >= 0.3 is 5.97 Å². The van der Waals surface area contributed by atoms with Crippen molar-refractivity contribution < 1.29 is 9.90 Å². The fourth-order valence-electron chi connectivity index (χ4n) is 1.90. The van der Waals surface area contributed by atoms with Gasteiger partial charge in [0.2, 0.25) is 0 Å². The van der Waals surface area contributed by atoms with Gasteiger partial charge in [-0.05, 0) is 12.3 Å². The van der Waals surface area contributed by atoms with E-state index in [1.165, 1.54) is 25.7 Å². The van der Waals surface area contributed by atoms with Gasteiger partial charge < -0.3 is 5.11 Å². The summed E-state index contributed by atoms with van der Waals surface area (Å²) in [4.78, 5) is 10.6. The van der Waals surface area contributed by atoms with E-state index in [-0.39, 0.29) is 5.92 Å². The van der Waals surface area contributed by atoms with E-state index in [4.69, 9.17) is 5.11 Å². The van der Waals surface area contributed by atoms with Crippen molar-refractivity contribution in [2.45, 2.75) is 32.1 Å². The second-order valence-corrected chi connectivity index (χ2v) is 3.57. The first-order valence-electron chi connectivity index (χ1n) is 4.59. The van der Waals surface area contributed by atoms with Gasteiger partial charge in [0.1, 0.15) is 0 Å². The van der Waals surface area contributed by atoms with Crippen LogP contribution in [0.15, 0.2) is 12.7 Å². The third kappa shape index (κ3) is 2.36. The lowest BCUT2D eigenvalue weighted by Gasteiger charge is -2.12. The van der Waals surface area contributed by atoms with Gasteiger partial charge in [-0.15, -0.1) is 6.58 Å². The average molecular weight is 168 g/mol. The molecule has 0 aromatic heterocycles. The normalized spacial score (nSPS) is 20.7. The molecule has 0 bridgehead atoms. The standard InChI is InChI=1S/C10H16O2/c1-2-9(10(11)12)7-8-5-3-4-6-8/h2,8-9H,1,3-7H2,(H,11,12). The summed E-state index contributed by atoms with van der Waals surface area (Å²) >= 11 is 0. The molecule has 12 heavy (non-hydrogen) atoms. The minimum Gasteiger partial charge on any atom is -0.481 e. The van der Waals surface area contributed by atoms with E-state index >= 15 is 0 Å². The van der Waals surface area contributed by atoms with Crippen LogP contribution in [0.5, 0.6) is 0 Å². The van der Waals surface area contributed by atoms with Crippen molar-refractivity contribution in [2.24, 2.45) is 11.8 Å². The van der Waals surface area contributed by atoms with E-state index in [9.17, 15) is 4.79 Å². The molecule has 1 saturated carbocycles. The summed E-state index contributed by atoms with van der Waals surface area (Å²) in [6.07, 6.45) is 7.30. The Morgan fingerprint density at radius 3 is 2.58 bits per heavy atom. The smallest absolute Gasteiger partial charge is 0.310 e. The minimum atomic E-state index is -0.725. The van der Waals surface area contributed by atoms with Crippen LogP contribution >= 0.6 is 0 Å². The minimum absolute atomic E-state index is 0.326. The first-order valence-corrected chi connectivity index (χ1v) is 4.59. The van der Waals surface area contributed by atoms with Crippen LogP contribution in [0.3, 0.4) is 0 Å². The molecule has 1 unspecified atom stereocenters. The van der Waals surface area contributed by atoms with Crippen LogP contribution in [-0.4, -0.2) is 11.1 Å². The number of carbonyl (C=O) groups is 1. The Balaban J connectivity index is 2.35. The second kappa shape index (κ2) is 4.29. The van der Waals surface area contributed by atoms with E-state index in [0.29, 0.717) is 5.92 Å². The monoisotopic (exact) mass is 168 g/mol. The predicted octanol–water partition coefficient (Wildman–Crippen LogP) is 2.45. The van der Waals surface area contributed by atoms with Crippen LogP contribution in [0.4, 0.5) is 0 Å². The highest BCUT2D eigenvalue weighted by atomic mass is 16.4. The van der Waals surface area contributed by atoms with Gasteiger partial charge in [0.05, 0.1) is 5.92 Å². The van der Waals surface area contributed by atoms with Crippen molar-refractivity contribution in [2.75, 3.05) is 0 Å². The molecule has 0 saturated heterocycles. The number of carboxylic acid groups (broad SMARTS) is 1. The number of carboxylic acids is 1. The number of rotatable bonds is 4. The number of aliphatic carboxylic acids is 1. The lowest BCUT2D eigenvalue weighted by Crippen LogP contribution is -2.14.